The fraction of sp³-hybridized carbons (Fsp3) is 0.250. The third kappa shape index (κ3) is 2.98. The Kier molecular flexibility index (Phi) is 4.58. The van der Waals surface area contributed by atoms with Gasteiger partial charge in [0.05, 0.1) is 6.04 Å². The standard InChI is InChI=1S/C16H17FIN/c1-10-7-8-14(17)13(9-10)16(19-3)12-6-4-5-11(2)15(12)18/h4-9,16,19H,1-3H3. The maximum absolute atomic E-state index is 14.1. The van der Waals surface area contributed by atoms with E-state index in [0.717, 1.165) is 11.1 Å². The Morgan fingerprint density at radius 3 is 2.53 bits per heavy atom. The lowest BCUT2D eigenvalue weighted by atomic mass is 9.96. The van der Waals surface area contributed by atoms with Crippen molar-refractivity contribution in [3.8, 4) is 0 Å². The van der Waals surface area contributed by atoms with E-state index in [9.17, 15) is 4.39 Å². The van der Waals surface area contributed by atoms with Crippen LogP contribution in [0.1, 0.15) is 28.3 Å². The van der Waals surface area contributed by atoms with Crippen LogP contribution in [0.25, 0.3) is 0 Å². The minimum Gasteiger partial charge on any atom is -0.309 e. The molecule has 2 aromatic carbocycles. The molecule has 0 aliphatic rings. The molecule has 0 aliphatic carbocycles. The van der Waals surface area contributed by atoms with Crippen molar-refractivity contribution in [3.63, 3.8) is 0 Å². The van der Waals surface area contributed by atoms with Crippen LogP contribution < -0.4 is 5.32 Å². The molecule has 100 valence electrons. The van der Waals surface area contributed by atoms with Crippen molar-refractivity contribution in [1.29, 1.82) is 0 Å². The molecule has 1 N–H and O–H groups in total. The first-order valence-corrected chi connectivity index (χ1v) is 7.30. The second-order valence-electron chi connectivity index (χ2n) is 4.72. The molecule has 3 heteroatoms. The Bertz CT molecular complexity index is 593. The zero-order valence-corrected chi connectivity index (χ0v) is 13.5. The molecule has 0 spiro atoms. The molecule has 1 nitrogen and oxygen atoms in total. The van der Waals surface area contributed by atoms with Gasteiger partial charge in [0.15, 0.2) is 0 Å². The Morgan fingerprint density at radius 1 is 1.11 bits per heavy atom. The summed E-state index contributed by atoms with van der Waals surface area (Å²) < 4.78 is 15.3. The molecule has 1 atom stereocenters. The van der Waals surface area contributed by atoms with Gasteiger partial charge >= 0.3 is 0 Å². The summed E-state index contributed by atoms with van der Waals surface area (Å²) in [6.07, 6.45) is 0. The normalized spacial score (nSPS) is 12.5. The van der Waals surface area contributed by atoms with Crippen molar-refractivity contribution in [2.45, 2.75) is 19.9 Å². The second-order valence-corrected chi connectivity index (χ2v) is 5.80. The highest BCUT2D eigenvalue weighted by Gasteiger charge is 2.19. The Labute approximate surface area is 127 Å². The van der Waals surface area contributed by atoms with E-state index in [2.05, 4.69) is 47.0 Å². The first kappa shape index (κ1) is 14.5. The number of benzene rings is 2. The van der Waals surface area contributed by atoms with E-state index in [-0.39, 0.29) is 11.9 Å². The highest BCUT2D eigenvalue weighted by Crippen LogP contribution is 2.29. The Morgan fingerprint density at radius 2 is 1.84 bits per heavy atom. The molecule has 0 aliphatic heterocycles. The SMILES string of the molecule is CNC(c1cc(C)ccc1F)c1cccc(C)c1I. The van der Waals surface area contributed by atoms with E-state index in [0.29, 0.717) is 5.56 Å². The van der Waals surface area contributed by atoms with Crippen LogP contribution in [0.5, 0.6) is 0 Å². The molecule has 0 radical (unpaired) electrons. The minimum absolute atomic E-state index is 0.119. The molecule has 0 bridgehead atoms. The zero-order chi connectivity index (χ0) is 14.0. The molecule has 2 rings (SSSR count). The van der Waals surface area contributed by atoms with Crippen molar-refractivity contribution in [2.24, 2.45) is 0 Å². The summed E-state index contributed by atoms with van der Waals surface area (Å²) in [4.78, 5) is 0. The van der Waals surface area contributed by atoms with Gasteiger partial charge in [-0.05, 0) is 60.7 Å². The van der Waals surface area contributed by atoms with Crippen LogP contribution in [-0.2, 0) is 0 Å². The van der Waals surface area contributed by atoms with E-state index in [1.54, 1.807) is 6.07 Å². The van der Waals surface area contributed by atoms with Crippen LogP contribution in [0.2, 0.25) is 0 Å². The lowest BCUT2D eigenvalue weighted by Crippen LogP contribution is -2.20. The van der Waals surface area contributed by atoms with Crippen molar-refractivity contribution in [2.75, 3.05) is 7.05 Å². The van der Waals surface area contributed by atoms with E-state index in [4.69, 9.17) is 0 Å². The van der Waals surface area contributed by atoms with Gasteiger partial charge in [-0.15, -0.1) is 0 Å². The summed E-state index contributed by atoms with van der Waals surface area (Å²) in [5.74, 6) is -0.165. The predicted molar refractivity (Wildman–Crippen MR) is 85.9 cm³/mol. The van der Waals surface area contributed by atoms with Gasteiger partial charge in [0.25, 0.3) is 0 Å². The van der Waals surface area contributed by atoms with Crippen LogP contribution >= 0.6 is 22.6 Å². The highest BCUT2D eigenvalue weighted by molar-refractivity contribution is 14.1. The maximum atomic E-state index is 14.1. The lowest BCUT2D eigenvalue weighted by Gasteiger charge is -2.20. The number of nitrogens with one attached hydrogen (secondary N) is 1. The summed E-state index contributed by atoms with van der Waals surface area (Å²) in [6, 6.07) is 11.3. The second kappa shape index (κ2) is 6.01. The van der Waals surface area contributed by atoms with Gasteiger partial charge < -0.3 is 5.32 Å². The Balaban J connectivity index is 2.56. The summed E-state index contributed by atoms with van der Waals surface area (Å²) in [6.45, 7) is 4.06. The van der Waals surface area contributed by atoms with Gasteiger partial charge in [0.2, 0.25) is 0 Å². The van der Waals surface area contributed by atoms with Gasteiger partial charge in [0.1, 0.15) is 5.82 Å². The molecule has 2 aromatic rings. The fourth-order valence-electron chi connectivity index (χ4n) is 2.26. The zero-order valence-electron chi connectivity index (χ0n) is 11.3. The fourth-order valence-corrected chi connectivity index (χ4v) is 2.93. The number of hydrogen-bond donors (Lipinski definition) is 1. The van der Waals surface area contributed by atoms with Crippen LogP contribution in [0.15, 0.2) is 36.4 Å². The number of rotatable bonds is 3. The van der Waals surface area contributed by atoms with E-state index >= 15 is 0 Å². The van der Waals surface area contributed by atoms with E-state index in [1.165, 1.54) is 15.2 Å². The third-order valence-corrected chi connectivity index (χ3v) is 4.76. The molecule has 0 amide bonds. The van der Waals surface area contributed by atoms with Crippen molar-refractivity contribution in [1.82, 2.24) is 5.32 Å². The van der Waals surface area contributed by atoms with E-state index in [1.807, 2.05) is 26.1 Å². The maximum Gasteiger partial charge on any atom is 0.128 e. The van der Waals surface area contributed by atoms with Gasteiger partial charge in [0, 0.05) is 9.13 Å². The molecule has 0 saturated heterocycles. The summed E-state index contributed by atoms with van der Waals surface area (Å²) in [5, 5.41) is 3.23. The van der Waals surface area contributed by atoms with Crippen molar-refractivity contribution in [3.05, 3.63) is 68.0 Å². The topological polar surface area (TPSA) is 12.0 Å². The molecule has 0 aromatic heterocycles. The summed E-state index contributed by atoms with van der Waals surface area (Å²) >= 11 is 2.33. The third-order valence-electron chi connectivity index (χ3n) is 3.28. The average Bonchev–Trinajstić information content (AvgIpc) is 2.39. The highest BCUT2D eigenvalue weighted by atomic mass is 127. The minimum atomic E-state index is -0.165. The van der Waals surface area contributed by atoms with Crippen molar-refractivity contribution < 1.29 is 4.39 Å². The smallest absolute Gasteiger partial charge is 0.128 e. The van der Waals surface area contributed by atoms with Gasteiger partial charge in [-0.25, -0.2) is 4.39 Å². The molecular weight excluding hydrogens is 352 g/mol. The first-order chi connectivity index (χ1) is 9.04. The van der Waals surface area contributed by atoms with Crippen LogP contribution in [-0.4, -0.2) is 7.05 Å². The lowest BCUT2D eigenvalue weighted by molar-refractivity contribution is 0.574. The monoisotopic (exact) mass is 369 g/mol. The number of hydrogen-bond acceptors (Lipinski definition) is 1. The molecule has 1 unspecified atom stereocenters. The van der Waals surface area contributed by atoms with Gasteiger partial charge in [-0.1, -0.05) is 35.9 Å². The molecular formula is C16H17FIN. The predicted octanol–water partition coefficient (Wildman–Crippen LogP) is 4.36. The largest absolute Gasteiger partial charge is 0.309 e. The van der Waals surface area contributed by atoms with Crippen LogP contribution in [0.3, 0.4) is 0 Å². The molecule has 0 heterocycles. The molecule has 0 saturated carbocycles. The number of halogens is 2. The summed E-state index contributed by atoms with van der Waals surface area (Å²) in [7, 11) is 1.87. The quantitative estimate of drug-likeness (QED) is 0.793. The molecule has 0 fully saturated rings. The molecule has 19 heavy (non-hydrogen) atoms. The van der Waals surface area contributed by atoms with Crippen molar-refractivity contribution >= 4 is 22.6 Å². The first-order valence-electron chi connectivity index (χ1n) is 6.23. The van der Waals surface area contributed by atoms with Gasteiger partial charge in [-0.3, -0.25) is 0 Å². The van der Waals surface area contributed by atoms with Gasteiger partial charge in [-0.2, -0.15) is 0 Å². The number of aryl methyl sites for hydroxylation is 2. The summed E-state index contributed by atoms with van der Waals surface area (Å²) in [5.41, 5.74) is 4.10. The Hall–Kier alpha value is -0.940. The van der Waals surface area contributed by atoms with E-state index < -0.39 is 0 Å². The average molecular weight is 369 g/mol. The van der Waals surface area contributed by atoms with Crippen LogP contribution in [0.4, 0.5) is 4.39 Å². The van der Waals surface area contributed by atoms with Crippen LogP contribution in [0, 0.1) is 23.2 Å².